The van der Waals surface area contributed by atoms with Gasteiger partial charge in [0.15, 0.2) is 0 Å². The molecule has 1 aliphatic rings. The lowest BCUT2D eigenvalue weighted by Gasteiger charge is -2.24. The van der Waals surface area contributed by atoms with Gasteiger partial charge >= 0.3 is 5.97 Å². The molecule has 0 fully saturated rings. The van der Waals surface area contributed by atoms with E-state index in [0.29, 0.717) is 29.8 Å². The summed E-state index contributed by atoms with van der Waals surface area (Å²) in [6, 6.07) is 12.6. The van der Waals surface area contributed by atoms with Crippen molar-refractivity contribution in [2.45, 2.75) is 32.6 Å². The summed E-state index contributed by atoms with van der Waals surface area (Å²) in [5.41, 5.74) is 9.66. The van der Waals surface area contributed by atoms with Gasteiger partial charge in [0, 0.05) is 23.2 Å². The number of anilines is 1. The molecular weight excluding hydrogens is 354 g/mol. The number of ether oxygens (including phenoxy) is 1. The van der Waals surface area contributed by atoms with E-state index < -0.39 is 0 Å². The largest absolute Gasteiger partial charge is 0.466 e. The van der Waals surface area contributed by atoms with E-state index >= 15 is 0 Å². The Morgan fingerprint density at radius 2 is 1.86 bits per heavy atom. The monoisotopic (exact) mass is 379 g/mol. The molecular formula is C22H25N3O3. The van der Waals surface area contributed by atoms with E-state index in [4.69, 9.17) is 15.9 Å². The van der Waals surface area contributed by atoms with E-state index in [0.717, 1.165) is 24.8 Å². The molecule has 0 aromatic heterocycles. The third-order valence-corrected chi connectivity index (χ3v) is 5.01. The Morgan fingerprint density at radius 3 is 2.54 bits per heavy atom. The van der Waals surface area contributed by atoms with Crippen molar-refractivity contribution in [3.63, 3.8) is 0 Å². The van der Waals surface area contributed by atoms with Gasteiger partial charge in [0.1, 0.15) is 5.84 Å². The molecule has 0 bridgehead atoms. The van der Waals surface area contributed by atoms with E-state index in [1.54, 1.807) is 24.3 Å². The highest BCUT2D eigenvalue weighted by Gasteiger charge is 2.22. The SMILES string of the molecule is CCOC(=O)CC1CCc2ccc(C(=O)Nc3ccc(C(=N)N)cc3)cc2C1. The number of carbonyl (C=O) groups is 2. The highest BCUT2D eigenvalue weighted by molar-refractivity contribution is 6.04. The summed E-state index contributed by atoms with van der Waals surface area (Å²) < 4.78 is 5.06. The number of aryl methyl sites for hydroxylation is 1. The Hall–Kier alpha value is -3.15. The summed E-state index contributed by atoms with van der Waals surface area (Å²) in [6.45, 7) is 2.21. The highest BCUT2D eigenvalue weighted by atomic mass is 16.5. The van der Waals surface area contributed by atoms with Gasteiger partial charge in [-0.2, -0.15) is 0 Å². The van der Waals surface area contributed by atoms with Crippen LogP contribution in [0.4, 0.5) is 5.69 Å². The fraction of sp³-hybridized carbons (Fsp3) is 0.318. The normalized spacial score (nSPS) is 15.4. The molecule has 1 aliphatic carbocycles. The second-order valence-corrected chi connectivity index (χ2v) is 7.05. The number of nitrogen functional groups attached to an aromatic ring is 1. The molecule has 0 heterocycles. The number of nitrogens with two attached hydrogens (primary N) is 1. The van der Waals surface area contributed by atoms with Crippen LogP contribution < -0.4 is 11.1 Å². The van der Waals surface area contributed by atoms with Crippen molar-refractivity contribution in [2.24, 2.45) is 11.7 Å². The van der Waals surface area contributed by atoms with Crippen molar-refractivity contribution in [3.8, 4) is 0 Å². The van der Waals surface area contributed by atoms with Gasteiger partial charge in [0.05, 0.1) is 6.61 Å². The predicted molar refractivity (Wildman–Crippen MR) is 109 cm³/mol. The maximum atomic E-state index is 12.6. The number of hydrogen-bond acceptors (Lipinski definition) is 4. The number of amides is 1. The van der Waals surface area contributed by atoms with Crippen molar-refractivity contribution in [1.29, 1.82) is 5.41 Å². The van der Waals surface area contributed by atoms with Crippen LogP contribution in [0.25, 0.3) is 0 Å². The second-order valence-electron chi connectivity index (χ2n) is 7.05. The first kappa shape index (κ1) is 19.6. The molecule has 28 heavy (non-hydrogen) atoms. The lowest BCUT2D eigenvalue weighted by atomic mass is 9.81. The second kappa shape index (κ2) is 8.69. The van der Waals surface area contributed by atoms with Crippen LogP contribution in [0.15, 0.2) is 42.5 Å². The van der Waals surface area contributed by atoms with Gasteiger partial charge in [-0.15, -0.1) is 0 Å². The van der Waals surface area contributed by atoms with Gasteiger partial charge in [0.25, 0.3) is 5.91 Å². The van der Waals surface area contributed by atoms with Crippen LogP contribution in [0.2, 0.25) is 0 Å². The molecule has 2 aromatic rings. The Morgan fingerprint density at radius 1 is 1.14 bits per heavy atom. The quantitative estimate of drug-likeness (QED) is 0.407. The highest BCUT2D eigenvalue weighted by Crippen LogP contribution is 2.29. The fourth-order valence-corrected chi connectivity index (χ4v) is 3.54. The van der Waals surface area contributed by atoms with E-state index in [-0.39, 0.29) is 23.6 Å². The van der Waals surface area contributed by atoms with Crippen LogP contribution in [0.5, 0.6) is 0 Å². The lowest BCUT2D eigenvalue weighted by Crippen LogP contribution is -2.20. The fourth-order valence-electron chi connectivity index (χ4n) is 3.54. The first-order chi connectivity index (χ1) is 13.5. The number of carbonyl (C=O) groups excluding carboxylic acids is 2. The third kappa shape index (κ3) is 4.76. The van der Waals surface area contributed by atoms with Crippen LogP contribution in [0, 0.1) is 11.3 Å². The van der Waals surface area contributed by atoms with Crippen LogP contribution in [-0.2, 0) is 22.4 Å². The molecule has 1 unspecified atom stereocenters. The number of amidine groups is 1. The first-order valence-electron chi connectivity index (χ1n) is 9.49. The van der Waals surface area contributed by atoms with Gasteiger partial charge in [0.2, 0.25) is 0 Å². The summed E-state index contributed by atoms with van der Waals surface area (Å²) in [4.78, 5) is 24.4. The average Bonchev–Trinajstić information content (AvgIpc) is 2.68. The van der Waals surface area contributed by atoms with Crippen molar-refractivity contribution in [2.75, 3.05) is 11.9 Å². The Kier molecular flexibility index (Phi) is 6.09. The lowest BCUT2D eigenvalue weighted by molar-refractivity contribution is -0.144. The van der Waals surface area contributed by atoms with Crippen molar-refractivity contribution in [1.82, 2.24) is 0 Å². The van der Waals surface area contributed by atoms with Gasteiger partial charge in [-0.05, 0) is 79.6 Å². The van der Waals surface area contributed by atoms with Gasteiger partial charge in [-0.3, -0.25) is 15.0 Å². The smallest absolute Gasteiger partial charge is 0.306 e. The zero-order chi connectivity index (χ0) is 20.1. The number of esters is 1. The number of fused-ring (bicyclic) bond motifs is 1. The zero-order valence-electron chi connectivity index (χ0n) is 16.0. The zero-order valence-corrected chi connectivity index (χ0v) is 16.0. The molecule has 4 N–H and O–H groups in total. The average molecular weight is 379 g/mol. The van der Waals surface area contributed by atoms with Crippen molar-refractivity contribution in [3.05, 3.63) is 64.7 Å². The number of hydrogen-bond donors (Lipinski definition) is 3. The number of nitrogens with one attached hydrogen (secondary N) is 2. The van der Waals surface area contributed by atoms with E-state index in [2.05, 4.69) is 5.32 Å². The summed E-state index contributed by atoms with van der Waals surface area (Å²) >= 11 is 0. The van der Waals surface area contributed by atoms with Gasteiger partial charge in [-0.1, -0.05) is 6.07 Å². The van der Waals surface area contributed by atoms with Crippen molar-refractivity contribution >= 4 is 23.4 Å². The Bertz CT molecular complexity index is 890. The molecule has 6 nitrogen and oxygen atoms in total. The van der Waals surface area contributed by atoms with Crippen molar-refractivity contribution < 1.29 is 14.3 Å². The summed E-state index contributed by atoms with van der Waals surface area (Å²) in [7, 11) is 0. The Labute approximate surface area is 164 Å². The molecule has 1 amide bonds. The maximum absolute atomic E-state index is 12.6. The van der Waals surface area contributed by atoms with E-state index in [1.807, 2.05) is 25.1 Å². The van der Waals surface area contributed by atoms with Crippen LogP contribution >= 0.6 is 0 Å². The summed E-state index contributed by atoms with van der Waals surface area (Å²) in [5, 5.41) is 10.3. The molecule has 2 aromatic carbocycles. The number of rotatable bonds is 6. The molecule has 1 atom stereocenters. The minimum atomic E-state index is -0.189. The standard InChI is InChI=1S/C22H25N3O3/c1-2-28-20(26)12-14-3-4-15-5-6-17(13-18(15)11-14)22(27)25-19-9-7-16(8-10-19)21(23)24/h5-10,13-14H,2-4,11-12H2,1H3,(H3,23,24)(H,25,27). The van der Waals surface area contributed by atoms with Gasteiger partial charge < -0.3 is 15.8 Å². The molecule has 3 rings (SSSR count). The molecule has 0 aliphatic heterocycles. The predicted octanol–water partition coefficient (Wildman–Crippen LogP) is 3.28. The Balaban J connectivity index is 1.68. The van der Waals surface area contributed by atoms with E-state index in [1.165, 1.54) is 5.56 Å². The van der Waals surface area contributed by atoms with Crippen LogP contribution in [0.3, 0.4) is 0 Å². The third-order valence-electron chi connectivity index (χ3n) is 5.01. The molecule has 0 saturated heterocycles. The topological polar surface area (TPSA) is 105 Å². The molecule has 146 valence electrons. The van der Waals surface area contributed by atoms with E-state index in [9.17, 15) is 9.59 Å². The molecule has 0 saturated carbocycles. The summed E-state index contributed by atoms with van der Waals surface area (Å²) in [5.74, 6) is -0.0985. The van der Waals surface area contributed by atoms with Crippen LogP contribution in [0.1, 0.15) is 46.8 Å². The molecule has 0 spiro atoms. The van der Waals surface area contributed by atoms with Gasteiger partial charge in [-0.25, -0.2) is 0 Å². The maximum Gasteiger partial charge on any atom is 0.306 e. The van der Waals surface area contributed by atoms with Crippen LogP contribution in [-0.4, -0.2) is 24.3 Å². The minimum Gasteiger partial charge on any atom is -0.466 e. The molecule has 0 radical (unpaired) electrons. The first-order valence-corrected chi connectivity index (χ1v) is 9.49. The summed E-state index contributed by atoms with van der Waals surface area (Å²) in [6.07, 6.45) is 3.07. The minimum absolute atomic E-state index is 0.00932. The molecule has 6 heteroatoms. The number of benzene rings is 2.